The summed E-state index contributed by atoms with van der Waals surface area (Å²) in [6.45, 7) is 11.5. The van der Waals surface area contributed by atoms with Gasteiger partial charge in [0.25, 0.3) is 10.1 Å². The average molecular weight is 762 g/mol. The van der Waals surface area contributed by atoms with Crippen LogP contribution in [0.2, 0.25) is 0 Å². The number of hydrogen-bond acceptors (Lipinski definition) is 9. The standard InChI is InChI=1S/C41H55N5O7S/c1-27-16-11-12-17-30(27)40(2,3)34(42-6)24-28-37(29(38(28)49)25-35-41(4,5)31-18-13-14-19-33(31)46(35)8)44-32(26-54(51,52)53)39(50)43-21-23-45(7)22-15-9-10-20-36(47)48/h11-14,16-19,24-25,32,44H,9-10,15,20-23,26H2,1-8H3,(H,43,50)(H,47,48)(H,51,52,53)/b28-24-,35-25+,42-34?. The molecule has 0 saturated heterocycles. The topological polar surface area (TPSA) is 169 Å². The SMILES string of the molecule is CN=C(/C=C1\C(=O)C(/C=C2/N(C)c3ccccc3C2(C)C)=C1NC(CS(=O)(=O)O)C(=O)NCCN(C)CCCCCC(=O)O)C(C)(C)c1ccccc1C. The summed E-state index contributed by atoms with van der Waals surface area (Å²) in [7, 11) is 0.828. The average Bonchev–Trinajstić information content (AvgIpc) is 3.29. The van der Waals surface area contributed by atoms with Gasteiger partial charge in [-0.15, -0.1) is 0 Å². The Morgan fingerprint density at radius 1 is 1.06 bits per heavy atom. The highest BCUT2D eigenvalue weighted by atomic mass is 32.2. The molecule has 0 aromatic heterocycles. The minimum atomic E-state index is -4.64. The number of Topliss-reactive ketones (excluding diaryl/α,β-unsaturated/α-hetero) is 1. The Bertz CT molecular complexity index is 1990. The van der Waals surface area contributed by atoms with E-state index in [4.69, 9.17) is 5.11 Å². The van der Waals surface area contributed by atoms with Gasteiger partial charge in [0.05, 0.1) is 5.70 Å². The van der Waals surface area contributed by atoms with Crippen molar-refractivity contribution >= 4 is 39.2 Å². The van der Waals surface area contributed by atoms with E-state index in [0.29, 0.717) is 25.2 Å². The normalized spacial score (nSPS) is 17.9. The summed E-state index contributed by atoms with van der Waals surface area (Å²) in [5.41, 5.74) is 5.35. The molecular formula is C41H55N5O7S. The lowest BCUT2D eigenvalue weighted by Crippen LogP contribution is -2.51. The zero-order valence-electron chi connectivity index (χ0n) is 32.7. The van der Waals surface area contributed by atoms with Gasteiger partial charge in [-0.25, -0.2) is 0 Å². The molecule has 1 aliphatic carbocycles. The molecule has 13 heteroatoms. The Hall–Kier alpha value is -4.59. The number of allylic oxidation sites excluding steroid dienone is 5. The number of likely N-dealkylation sites (N-methyl/N-ethyl adjacent to an activating group) is 2. The number of amides is 1. The van der Waals surface area contributed by atoms with Gasteiger partial charge in [-0.1, -0.05) is 76.6 Å². The molecule has 4 rings (SSSR count). The number of para-hydroxylation sites is 1. The number of carbonyl (C=O) groups is 3. The molecule has 4 N–H and O–H groups in total. The van der Waals surface area contributed by atoms with Crippen LogP contribution in [0.1, 0.15) is 70.1 Å². The fourth-order valence-electron chi connectivity index (χ4n) is 7.36. The summed E-state index contributed by atoms with van der Waals surface area (Å²) in [5.74, 6) is -2.69. The van der Waals surface area contributed by atoms with E-state index >= 15 is 0 Å². The van der Waals surface area contributed by atoms with Gasteiger partial charge in [-0.3, -0.25) is 23.9 Å². The first kappa shape index (κ1) is 42.2. The van der Waals surface area contributed by atoms with Crippen molar-refractivity contribution in [2.75, 3.05) is 51.4 Å². The minimum Gasteiger partial charge on any atom is -0.481 e. The van der Waals surface area contributed by atoms with Crippen molar-refractivity contribution in [1.29, 1.82) is 0 Å². The Morgan fingerprint density at radius 3 is 2.35 bits per heavy atom. The molecule has 0 radical (unpaired) electrons. The zero-order chi connectivity index (χ0) is 40.0. The van der Waals surface area contributed by atoms with Gasteiger partial charge in [0.2, 0.25) is 5.91 Å². The van der Waals surface area contributed by atoms with Crippen molar-refractivity contribution in [3.8, 4) is 0 Å². The first-order valence-corrected chi connectivity index (χ1v) is 19.9. The van der Waals surface area contributed by atoms with Crippen LogP contribution in [0, 0.1) is 6.92 Å². The Morgan fingerprint density at radius 2 is 1.72 bits per heavy atom. The summed E-state index contributed by atoms with van der Waals surface area (Å²) in [4.78, 5) is 47.2. The van der Waals surface area contributed by atoms with E-state index in [0.717, 1.165) is 40.9 Å². The van der Waals surface area contributed by atoms with Crippen LogP contribution in [0.4, 0.5) is 5.69 Å². The van der Waals surface area contributed by atoms with Crippen LogP contribution in [0.25, 0.3) is 0 Å². The van der Waals surface area contributed by atoms with Crippen LogP contribution in [0.5, 0.6) is 0 Å². The summed E-state index contributed by atoms with van der Waals surface area (Å²) < 4.78 is 34.5. The molecule has 0 saturated carbocycles. The molecule has 1 aliphatic heterocycles. The van der Waals surface area contributed by atoms with Gasteiger partial charge in [-0.05, 0) is 68.3 Å². The fourth-order valence-corrected chi connectivity index (χ4v) is 8.02. The second kappa shape index (κ2) is 17.3. The van der Waals surface area contributed by atoms with E-state index in [1.807, 2.05) is 87.1 Å². The molecule has 1 amide bonds. The highest BCUT2D eigenvalue weighted by Crippen LogP contribution is 2.48. The molecule has 12 nitrogen and oxygen atoms in total. The van der Waals surface area contributed by atoms with Crippen molar-refractivity contribution in [1.82, 2.24) is 15.5 Å². The number of rotatable bonds is 18. The number of hydrogen-bond donors (Lipinski definition) is 4. The van der Waals surface area contributed by atoms with Crippen molar-refractivity contribution in [3.63, 3.8) is 0 Å². The second-order valence-corrected chi connectivity index (χ2v) is 16.7. The first-order chi connectivity index (χ1) is 25.3. The lowest BCUT2D eigenvalue weighted by molar-refractivity contribution is -0.137. The Balaban J connectivity index is 1.69. The van der Waals surface area contributed by atoms with Gasteiger partial charge in [0.15, 0.2) is 5.78 Å². The van der Waals surface area contributed by atoms with Gasteiger partial charge in [0.1, 0.15) is 11.8 Å². The number of benzene rings is 2. The maximum atomic E-state index is 14.2. The molecule has 0 fully saturated rings. The quantitative estimate of drug-likeness (QED) is 0.0706. The number of unbranched alkanes of at least 4 members (excludes halogenated alkanes) is 2. The smallest absolute Gasteiger partial charge is 0.303 e. The fraction of sp³-hybridized carbons (Fsp3) is 0.463. The summed E-state index contributed by atoms with van der Waals surface area (Å²) >= 11 is 0. The largest absolute Gasteiger partial charge is 0.481 e. The molecule has 292 valence electrons. The summed E-state index contributed by atoms with van der Waals surface area (Å²) in [6, 6.07) is 14.5. The van der Waals surface area contributed by atoms with E-state index < -0.39 is 44.6 Å². The van der Waals surface area contributed by atoms with Crippen LogP contribution in [-0.2, 0) is 35.3 Å². The lowest BCUT2D eigenvalue weighted by Gasteiger charge is -2.33. The summed E-state index contributed by atoms with van der Waals surface area (Å²) in [6.07, 6.45) is 5.76. The molecule has 0 bridgehead atoms. The number of anilines is 1. The minimum absolute atomic E-state index is 0.124. The van der Waals surface area contributed by atoms with E-state index in [1.54, 1.807) is 19.2 Å². The predicted molar refractivity (Wildman–Crippen MR) is 214 cm³/mol. The van der Waals surface area contributed by atoms with E-state index in [9.17, 15) is 27.4 Å². The molecule has 1 heterocycles. The highest BCUT2D eigenvalue weighted by molar-refractivity contribution is 7.85. The van der Waals surface area contributed by atoms with Crippen molar-refractivity contribution in [2.45, 2.75) is 77.2 Å². The third-order valence-corrected chi connectivity index (χ3v) is 11.2. The molecule has 0 spiro atoms. The van der Waals surface area contributed by atoms with E-state index in [1.165, 1.54) is 0 Å². The molecule has 2 aromatic rings. The molecule has 1 unspecified atom stereocenters. The van der Waals surface area contributed by atoms with Crippen LogP contribution in [-0.4, -0.2) is 98.9 Å². The van der Waals surface area contributed by atoms with E-state index in [2.05, 4.69) is 35.5 Å². The van der Waals surface area contributed by atoms with Crippen molar-refractivity contribution < 1.29 is 32.5 Å². The molecule has 2 aromatic carbocycles. The van der Waals surface area contributed by atoms with Gasteiger partial charge in [-0.2, -0.15) is 8.42 Å². The monoisotopic (exact) mass is 761 g/mol. The van der Waals surface area contributed by atoms with Gasteiger partial charge >= 0.3 is 5.97 Å². The van der Waals surface area contributed by atoms with Crippen LogP contribution in [0.3, 0.4) is 0 Å². The van der Waals surface area contributed by atoms with Gasteiger partial charge in [0, 0.05) is 72.7 Å². The number of aryl methyl sites for hydroxylation is 1. The molecule has 1 atom stereocenters. The van der Waals surface area contributed by atoms with Crippen LogP contribution in [0.15, 0.2) is 88.2 Å². The van der Waals surface area contributed by atoms with Crippen molar-refractivity contribution in [3.05, 3.63) is 99.9 Å². The molecular weight excluding hydrogens is 707 g/mol. The number of nitrogens with one attached hydrogen (secondary N) is 2. The number of ketones is 1. The predicted octanol–water partition coefficient (Wildman–Crippen LogP) is 4.96. The second-order valence-electron chi connectivity index (χ2n) is 15.2. The van der Waals surface area contributed by atoms with Gasteiger partial charge < -0.3 is 25.5 Å². The van der Waals surface area contributed by atoms with Crippen LogP contribution >= 0.6 is 0 Å². The number of carboxylic acids is 1. The first-order valence-electron chi connectivity index (χ1n) is 18.3. The number of fused-ring (bicyclic) bond motifs is 1. The number of aliphatic carboxylic acids is 1. The number of nitrogens with zero attached hydrogens (tertiary/aromatic N) is 3. The van der Waals surface area contributed by atoms with E-state index in [-0.39, 0.29) is 35.6 Å². The third-order valence-electron chi connectivity index (χ3n) is 10.5. The Kier molecular flexibility index (Phi) is 13.5. The van der Waals surface area contributed by atoms with Crippen LogP contribution < -0.4 is 15.5 Å². The number of carbonyl (C=O) groups excluding carboxylic acids is 2. The molecule has 2 aliphatic rings. The highest BCUT2D eigenvalue weighted by Gasteiger charge is 2.42. The number of carboxylic acid groups (broad SMARTS) is 1. The molecule has 54 heavy (non-hydrogen) atoms. The summed E-state index contributed by atoms with van der Waals surface area (Å²) in [5, 5.41) is 14.7. The maximum Gasteiger partial charge on any atom is 0.303 e. The third kappa shape index (κ3) is 9.74. The number of aliphatic imine (C=N–C) groups is 1. The maximum absolute atomic E-state index is 14.2. The zero-order valence-corrected chi connectivity index (χ0v) is 33.5. The lowest BCUT2D eigenvalue weighted by atomic mass is 9.75. The Labute approximate surface area is 319 Å². The van der Waals surface area contributed by atoms with Crippen molar-refractivity contribution in [2.24, 2.45) is 4.99 Å².